The fourth-order valence-electron chi connectivity index (χ4n) is 3.99. The lowest BCUT2D eigenvalue weighted by molar-refractivity contribution is 0.377. The van der Waals surface area contributed by atoms with Crippen LogP contribution in [-0.4, -0.2) is 53.6 Å². The molecule has 2 N–H and O–H groups in total. The first-order chi connectivity index (χ1) is 13.1. The van der Waals surface area contributed by atoms with Gasteiger partial charge >= 0.3 is 0 Å². The molecule has 27 heavy (non-hydrogen) atoms. The van der Waals surface area contributed by atoms with E-state index >= 15 is 0 Å². The molecule has 0 amide bonds. The molecule has 1 aliphatic heterocycles. The number of aryl methyl sites for hydroxylation is 2. The van der Waals surface area contributed by atoms with Gasteiger partial charge in [0, 0.05) is 44.0 Å². The molecule has 2 fully saturated rings. The fourth-order valence-corrected chi connectivity index (χ4v) is 3.99. The lowest BCUT2D eigenvalue weighted by Gasteiger charge is -2.35. The fraction of sp³-hybridized carbons (Fsp3) is 0.476. The molecule has 1 saturated carbocycles. The van der Waals surface area contributed by atoms with Gasteiger partial charge < -0.3 is 15.5 Å². The molecule has 0 atom stereocenters. The van der Waals surface area contributed by atoms with Gasteiger partial charge in [-0.3, -0.25) is 4.99 Å². The van der Waals surface area contributed by atoms with Crippen LogP contribution in [-0.2, 0) is 5.41 Å². The van der Waals surface area contributed by atoms with Crippen molar-refractivity contribution in [2.45, 2.75) is 32.1 Å². The van der Waals surface area contributed by atoms with Gasteiger partial charge in [-0.2, -0.15) is 0 Å². The minimum atomic E-state index is 0.197. The summed E-state index contributed by atoms with van der Waals surface area (Å²) in [6, 6.07) is 8.60. The zero-order valence-corrected chi connectivity index (χ0v) is 16.2. The normalized spacial score (nSPS) is 19.3. The van der Waals surface area contributed by atoms with Crippen molar-refractivity contribution in [3.8, 4) is 0 Å². The second kappa shape index (κ2) is 7.18. The van der Waals surface area contributed by atoms with E-state index in [4.69, 9.17) is 10.7 Å². The number of aliphatic imine (C=N–C) groups is 1. The van der Waals surface area contributed by atoms with Crippen molar-refractivity contribution in [1.29, 1.82) is 0 Å². The summed E-state index contributed by atoms with van der Waals surface area (Å²) >= 11 is 0. The molecule has 2 aliphatic rings. The Morgan fingerprint density at radius 3 is 2.44 bits per heavy atom. The Morgan fingerprint density at radius 1 is 1.11 bits per heavy atom. The maximum Gasteiger partial charge on any atom is 0.225 e. The number of hydrogen-bond acceptors (Lipinski definition) is 4. The molecule has 1 aliphatic carbocycles. The highest BCUT2D eigenvalue weighted by Crippen LogP contribution is 2.49. The van der Waals surface area contributed by atoms with Gasteiger partial charge in [0.15, 0.2) is 5.96 Å². The first-order valence-corrected chi connectivity index (χ1v) is 9.72. The number of hydrogen-bond donors (Lipinski definition) is 1. The molecular formula is C21H28N6. The third-order valence-electron chi connectivity index (χ3n) is 5.79. The summed E-state index contributed by atoms with van der Waals surface area (Å²) in [4.78, 5) is 17.8. The zero-order valence-electron chi connectivity index (χ0n) is 16.2. The van der Waals surface area contributed by atoms with Crippen LogP contribution in [0.15, 0.2) is 41.7 Å². The molecule has 2 heterocycles. The van der Waals surface area contributed by atoms with Crippen molar-refractivity contribution in [2.75, 3.05) is 37.6 Å². The van der Waals surface area contributed by atoms with Crippen molar-refractivity contribution in [3.05, 3.63) is 53.3 Å². The number of aromatic nitrogens is 2. The molecule has 142 valence electrons. The van der Waals surface area contributed by atoms with Crippen molar-refractivity contribution in [1.82, 2.24) is 14.9 Å². The van der Waals surface area contributed by atoms with Gasteiger partial charge in [0.2, 0.25) is 5.95 Å². The third-order valence-corrected chi connectivity index (χ3v) is 5.79. The maximum absolute atomic E-state index is 6.33. The smallest absolute Gasteiger partial charge is 0.225 e. The van der Waals surface area contributed by atoms with Crippen LogP contribution >= 0.6 is 0 Å². The minimum absolute atomic E-state index is 0.197. The van der Waals surface area contributed by atoms with Gasteiger partial charge in [0.1, 0.15) is 0 Å². The summed E-state index contributed by atoms with van der Waals surface area (Å²) in [6.07, 6.45) is 5.97. The molecule has 0 bridgehead atoms. The summed E-state index contributed by atoms with van der Waals surface area (Å²) in [7, 11) is 0. The van der Waals surface area contributed by atoms with Crippen LogP contribution in [0.3, 0.4) is 0 Å². The van der Waals surface area contributed by atoms with E-state index in [1.165, 1.54) is 29.5 Å². The maximum atomic E-state index is 6.33. The molecule has 4 rings (SSSR count). The van der Waals surface area contributed by atoms with Crippen LogP contribution in [0, 0.1) is 13.8 Å². The summed E-state index contributed by atoms with van der Waals surface area (Å²) < 4.78 is 0. The van der Waals surface area contributed by atoms with E-state index < -0.39 is 0 Å². The summed E-state index contributed by atoms with van der Waals surface area (Å²) in [5.74, 6) is 1.46. The van der Waals surface area contributed by atoms with E-state index in [1.807, 2.05) is 6.07 Å². The summed E-state index contributed by atoms with van der Waals surface area (Å²) in [5.41, 5.74) is 10.7. The number of guanidine groups is 1. The van der Waals surface area contributed by atoms with Gasteiger partial charge in [-0.25, -0.2) is 9.97 Å². The first kappa shape index (κ1) is 17.8. The third kappa shape index (κ3) is 3.75. The van der Waals surface area contributed by atoms with Crippen molar-refractivity contribution < 1.29 is 0 Å². The standard InChI is InChI=1S/C21H28N6/c1-16-4-5-18(17(2)14-16)21(6-7-21)15-25-19(22)26-10-12-27(13-11-26)20-23-8-3-9-24-20/h3-5,8-9,14H,6-7,10-13,15H2,1-2H3,(H2,22,25). The molecule has 2 aromatic rings. The number of nitrogens with two attached hydrogens (primary N) is 1. The monoisotopic (exact) mass is 364 g/mol. The predicted molar refractivity (Wildman–Crippen MR) is 109 cm³/mol. The molecule has 1 saturated heterocycles. The second-order valence-corrected chi connectivity index (χ2v) is 7.80. The number of anilines is 1. The average molecular weight is 364 g/mol. The molecule has 1 aromatic carbocycles. The molecule has 0 unspecified atom stereocenters. The Bertz CT molecular complexity index is 820. The number of rotatable bonds is 4. The van der Waals surface area contributed by atoms with Crippen LogP contribution in [0.25, 0.3) is 0 Å². The van der Waals surface area contributed by atoms with E-state index in [0.717, 1.165) is 38.7 Å². The predicted octanol–water partition coefficient (Wildman–Crippen LogP) is 2.26. The molecule has 6 heteroatoms. The Morgan fingerprint density at radius 2 is 1.81 bits per heavy atom. The Balaban J connectivity index is 1.38. The first-order valence-electron chi connectivity index (χ1n) is 9.72. The van der Waals surface area contributed by atoms with E-state index in [-0.39, 0.29) is 5.41 Å². The van der Waals surface area contributed by atoms with Gasteiger partial charge in [-0.1, -0.05) is 23.8 Å². The van der Waals surface area contributed by atoms with E-state index in [1.54, 1.807) is 12.4 Å². The Labute approximate surface area is 161 Å². The van der Waals surface area contributed by atoms with Gasteiger partial charge in [-0.15, -0.1) is 0 Å². The number of benzene rings is 1. The highest BCUT2D eigenvalue weighted by atomic mass is 15.4. The van der Waals surface area contributed by atoms with Crippen LogP contribution in [0.4, 0.5) is 5.95 Å². The van der Waals surface area contributed by atoms with Crippen LogP contribution in [0.1, 0.15) is 29.5 Å². The Hall–Kier alpha value is -2.63. The molecule has 0 spiro atoms. The van der Waals surface area contributed by atoms with Gasteiger partial charge in [0.05, 0.1) is 6.54 Å². The van der Waals surface area contributed by atoms with Crippen LogP contribution in [0.5, 0.6) is 0 Å². The van der Waals surface area contributed by atoms with Gasteiger partial charge in [0.25, 0.3) is 0 Å². The number of piperazine rings is 1. The van der Waals surface area contributed by atoms with Crippen molar-refractivity contribution >= 4 is 11.9 Å². The van der Waals surface area contributed by atoms with Crippen LogP contribution in [0.2, 0.25) is 0 Å². The van der Waals surface area contributed by atoms with Crippen molar-refractivity contribution in [3.63, 3.8) is 0 Å². The number of nitrogens with zero attached hydrogens (tertiary/aromatic N) is 5. The lowest BCUT2D eigenvalue weighted by atomic mass is 9.91. The van der Waals surface area contributed by atoms with Crippen LogP contribution < -0.4 is 10.6 Å². The summed E-state index contributed by atoms with van der Waals surface area (Å²) in [5, 5.41) is 0. The Kier molecular flexibility index (Phi) is 4.72. The second-order valence-electron chi connectivity index (χ2n) is 7.80. The minimum Gasteiger partial charge on any atom is -0.370 e. The SMILES string of the molecule is Cc1ccc(C2(CN=C(N)N3CCN(c4ncccn4)CC3)CC2)c(C)c1. The van der Waals surface area contributed by atoms with E-state index in [2.05, 4.69) is 51.8 Å². The van der Waals surface area contributed by atoms with Gasteiger partial charge in [-0.05, 0) is 43.9 Å². The highest BCUT2D eigenvalue weighted by molar-refractivity contribution is 5.78. The zero-order chi connectivity index (χ0) is 18.9. The largest absolute Gasteiger partial charge is 0.370 e. The molecular weight excluding hydrogens is 336 g/mol. The summed E-state index contributed by atoms with van der Waals surface area (Å²) in [6.45, 7) is 8.57. The molecule has 0 radical (unpaired) electrons. The molecule has 1 aromatic heterocycles. The lowest BCUT2D eigenvalue weighted by Crippen LogP contribution is -2.51. The highest BCUT2D eigenvalue weighted by Gasteiger charge is 2.45. The van der Waals surface area contributed by atoms with Crippen molar-refractivity contribution in [2.24, 2.45) is 10.7 Å². The topological polar surface area (TPSA) is 70.6 Å². The quantitative estimate of drug-likeness (QED) is 0.666. The van der Waals surface area contributed by atoms with E-state index in [9.17, 15) is 0 Å². The molecule has 6 nitrogen and oxygen atoms in total. The average Bonchev–Trinajstić information content (AvgIpc) is 3.48. The van der Waals surface area contributed by atoms with E-state index in [0.29, 0.717) is 5.96 Å².